The normalized spacial score (nSPS) is 30.4. The summed E-state index contributed by atoms with van der Waals surface area (Å²) < 4.78 is 48.9. The van der Waals surface area contributed by atoms with Crippen LogP contribution in [0, 0.1) is 22.2 Å². The van der Waals surface area contributed by atoms with Crippen molar-refractivity contribution < 1.29 is 17.9 Å². The van der Waals surface area contributed by atoms with E-state index in [1.807, 2.05) is 11.0 Å². The number of halogens is 3. The number of aromatic nitrogens is 1. The molecule has 1 saturated carbocycles. The Balaban J connectivity index is 1.22. The molecule has 186 valence electrons. The number of anilines is 1. The van der Waals surface area contributed by atoms with Gasteiger partial charge in [-0.05, 0) is 56.6 Å². The number of nitriles is 1. The number of alkyl halides is 3. The van der Waals surface area contributed by atoms with Gasteiger partial charge in [0.25, 0.3) is 0 Å². The molecule has 2 atom stereocenters. The molecular formula is C26H30F3N5O. The van der Waals surface area contributed by atoms with E-state index in [-0.39, 0.29) is 13.0 Å². The van der Waals surface area contributed by atoms with Gasteiger partial charge in [0.15, 0.2) is 0 Å². The van der Waals surface area contributed by atoms with E-state index in [2.05, 4.69) is 20.9 Å². The standard InChI is InChI=1S/C26H30F3N5O/c27-26(28,29)25-15-24(25,16-32-8-5-20(6-9-32)33-10-12-35-13-11-33)17-34(18-25)22-4-3-19(14-30)23-21(22)2-1-7-31-23/h1-4,7,20H,5-6,8-13,15-18H2. The van der Waals surface area contributed by atoms with E-state index in [4.69, 9.17) is 4.74 Å². The van der Waals surface area contributed by atoms with Crippen molar-refractivity contribution in [2.24, 2.45) is 10.8 Å². The van der Waals surface area contributed by atoms with E-state index in [1.165, 1.54) is 0 Å². The summed E-state index contributed by atoms with van der Waals surface area (Å²) in [5, 5.41) is 10.2. The van der Waals surface area contributed by atoms with Gasteiger partial charge in [-0.1, -0.05) is 0 Å². The number of hydrogen-bond acceptors (Lipinski definition) is 6. The molecule has 1 aromatic carbocycles. The maximum atomic E-state index is 14.5. The maximum absolute atomic E-state index is 14.5. The average molecular weight is 486 g/mol. The lowest BCUT2D eigenvalue weighted by molar-refractivity contribution is -0.191. The molecule has 6 rings (SSSR count). The highest BCUT2D eigenvalue weighted by Gasteiger charge is 2.83. The van der Waals surface area contributed by atoms with Gasteiger partial charge in [0, 0.05) is 61.5 Å². The van der Waals surface area contributed by atoms with Crippen LogP contribution in [0.1, 0.15) is 24.8 Å². The number of nitrogens with zero attached hydrogens (tertiary/aromatic N) is 5. The second-order valence-corrected chi connectivity index (χ2v) is 10.7. The molecule has 0 bridgehead atoms. The van der Waals surface area contributed by atoms with Crippen LogP contribution in [0.15, 0.2) is 30.5 Å². The molecule has 1 aromatic heterocycles. The fourth-order valence-electron chi connectivity index (χ4n) is 6.97. The number of fused-ring (bicyclic) bond motifs is 2. The molecule has 4 heterocycles. The van der Waals surface area contributed by atoms with Crippen LogP contribution in [0.25, 0.3) is 10.9 Å². The minimum absolute atomic E-state index is 0.0311. The number of likely N-dealkylation sites (tertiary alicyclic amines) is 1. The topological polar surface area (TPSA) is 55.6 Å². The van der Waals surface area contributed by atoms with E-state index in [9.17, 15) is 18.4 Å². The van der Waals surface area contributed by atoms with Crippen LogP contribution >= 0.6 is 0 Å². The summed E-state index contributed by atoms with van der Waals surface area (Å²) in [6.07, 6.45) is -0.409. The summed E-state index contributed by atoms with van der Waals surface area (Å²) in [4.78, 5) is 11.0. The van der Waals surface area contributed by atoms with Gasteiger partial charge in [-0.3, -0.25) is 9.88 Å². The van der Waals surface area contributed by atoms with Crippen LogP contribution in [0.5, 0.6) is 0 Å². The summed E-state index contributed by atoms with van der Waals surface area (Å²) in [5.74, 6) is 0. The molecule has 4 aliphatic rings. The Hall–Kier alpha value is -2.41. The fourth-order valence-corrected chi connectivity index (χ4v) is 6.97. The van der Waals surface area contributed by atoms with E-state index in [0.717, 1.165) is 63.3 Å². The highest BCUT2D eigenvalue weighted by Crippen LogP contribution is 2.75. The molecule has 0 radical (unpaired) electrons. The van der Waals surface area contributed by atoms with Crippen LogP contribution in [-0.4, -0.2) is 86.0 Å². The molecule has 9 heteroatoms. The molecule has 0 N–H and O–H groups in total. The highest BCUT2D eigenvalue weighted by molar-refractivity contribution is 5.95. The van der Waals surface area contributed by atoms with Crippen molar-refractivity contribution in [3.63, 3.8) is 0 Å². The lowest BCUT2D eigenvalue weighted by Crippen LogP contribution is -2.50. The molecule has 0 spiro atoms. The van der Waals surface area contributed by atoms with Gasteiger partial charge >= 0.3 is 6.18 Å². The van der Waals surface area contributed by atoms with E-state index in [0.29, 0.717) is 30.2 Å². The van der Waals surface area contributed by atoms with Gasteiger partial charge < -0.3 is 14.5 Å². The van der Waals surface area contributed by atoms with Gasteiger partial charge in [-0.25, -0.2) is 0 Å². The number of piperidine rings is 2. The first kappa shape index (κ1) is 23.0. The molecule has 2 unspecified atom stereocenters. The molecule has 6 nitrogen and oxygen atoms in total. The van der Waals surface area contributed by atoms with Crippen LogP contribution in [-0.2, 0) is 4.74 Å². The van der Waals surface area contributed by atoms with Gasteiger partial charge in [0.05, 0.1) is 29.7 Å². The predicted molar refractivity (Wildman–Crippen MR) is 126 cm³/mol. The Morgan fingerprint density at radius 3 is 2.57 bits per heavy atom. The Labute approximate surface area is 203 Å². The summed E-state index contributed by atoms with van der Waals surface area (Å²) in [5.41, 5.74) is -0.707. The first-order valence-electron chi connectivity index (χ1n) is 12.5. The number of ether oxygens (including phenoxy) is 1. The van der Waals surface area contributed by atoms with Gasteiger partial charge in [0.2, 0.25) is 0 Å². The molecule has 0 amide bonds. The zero-order valence-electron chi connectivity index (χ0n) is 19.7. The molecule has 4 fully saturated rings. The highest BCUT2D eigenvalue weighted by atomic mass is 19.4. The van der Waals surface area contributed by atoms with Gasteiger partial charge in [0.1, 0.15) is 6.07 Å². The monoisotopic (exact) mass is 485 g/mol. The van der Waals surface area contributed by atoms with Crippen LogP contribution in [0.2, 0.25) is 0 Å². The van der Waals surface area contributed by atoms with Crippen molar-refractivity contribution in [3.05, 3.63) is 36.0 Å². The molecule has 2 aromatic rings. The molecule has 3 saturated heterocycles. The Morgan fingerprint density at radius 2 is 1.86 bits per heavy atom. The first-order chi connectivity index (χ1) is 16.9. The van der Waals surface area contributed by atoms with Crippen molar-refractivity contribution in [1.29, 1.82) is 5.26 Å². The molecule has 1 aliphatic carbocycles. The van der Waals surface area contributed by atoms with Crippen molar-refractivity contribution in [3.8, 4) is 6.07 Å². The summed E-state index contributed by atoms with van der Waals surface area (Å²) in [6, 6.07) is 9.76. The molecule has 3 aliphatic heterocycles. The van der Waals surface area contributed by atoms with Crippen LogP contribution in [0.4, 0.5) is 18.9 Å². The van der Waals surface area contributed by atoms with E-state index < -0.39 is 17.0 Å². The van der Waals surface area contributed by atoms with Crippen LogP contribution in [0.3, 0.4) is 0 Å². The van der Waals surface area contributed by atoms with Gasteiger partial charge in [-0.15, -0.1) is 0 Å². The minimum Gasteiger partial charge on any atom is -0.379 e. The maximum Gasteiger partial charge on any atom is 0.396 e. The average Bonchev–Trinajstić information content (AvgIpc) is 3.39. The Bertz CT molecular complexity index is 1150. The Morgan fingerprint density at radius 1 is 1.09 bits per heavy atom. The zero-order chi connectivity index (χ0) is 24.3. The van der Waals surface area contributed by atoms with Crippen molar-refractivity contribution >= 4 is 16.6 Å². The van der Waals surface area contributed by atoms with Crippen LogP contribution < -0.4 is 4.90 Å². The third kappa shape index (κ3) is 3.69. The summed E-state index contributed by atoms with van der Waals surface area (Å²) in [6.45, 7) is 5.98. The summed E-state index contributed by atoms with van der Waals surface area (Å²) in [7, 11) is 0. The molecule has 35 heavy (non-hydrogen) atoms. The number of pyridine rings is 1. The quantitative estimate of drug-likeness (QED) is 0.659. The number of hydrogen-bond donors (Lipinski definition) is 0. The van der Waals surface area contributed by atoms with E-state index >= 15 is 0 Å². The molecular weight excluding hydrogens is 455 g/mol. The van der Waals surface area contributed by atoms with Gasteiger partial charge in [-0.2, -0.15) is 18.4 Å². The number of rotatable bonds is 4. The zero-order valence-corrected chi connectivity index (χ0v) is 19.7. The smallest absolute Gasteiger partial charge is 0.379 e. The van der Waals surface area contributed by atoms with Crippen molar-refractivity contribution in [1.82, 2.24) is 14.8 Å². The Kier molecular flexibility index (Phi) is 5.47. The second-order valence-electron chi connectivity index (χ2n) is 10.7. The minimum atomic E-state index is -4.24. The third-order valence-corrected chi connectivity index (χ3v) is 8.88. The first-order valence-corrected chi connectivity index (χ1v) is 12.5. The number of morpholine rings is 1. The number of benzene rings is 1. The summed E-state index contributed by atoms with van der Waals surface area (Å²) >= 11 is 0. The lowest BCUT2D eigenvalue weighted by atomic mass is 9.93. The van der Waals surface area contributed by atoms with E-state index in [1.54, 1.807) is 24.4 Å². The predicted octanol–water partition coefficient (Wildman–Crippen LogP) is 3.66. The largest absolute Gasteiger partial charge is 0.396 e. The second kappa shape index (κ2) is 8.32. The SMILES string of the molecule is N#Cc1ccc(N2CC3(CN4CCC(N5CCOCC5)CC4)CC3(C(F)(F)F)C2)c2cccnc12. The third-order valence-electron chi connectivity index (χ3n) is 8.88. The van der Waals surface area contributed by atoms with Crippen molar-refractivity contribution in [2.75, 3.05) is 63.9 Å². The lowest BCUT2D eigenvalue weighted by Gasteiger charge is -2.41. The fraction of sp³-hybridized carbons (Fsp3) is 0.615. The van der Waals surface area contributed by atoms with Crippen molar-refractivity contribution in [2.45, 2.75) is 31.5 Å².